The van der Waals surface area contributed by atoms with Gasteiger partial charge in [0.25, 0.3) is 0 Å². The van der Waals surface area contributed by atoms with E-state index < -0.39 is 16.1 Å². The molecule has 0 aliphatic heterocycles. The zero-order valence-electron chi connectivity index (χ0n) is 11.4. The standard InChI is InChI=1S/C12H16BrClN2O3S/c1-4-16(3)12(17)8(2)15-20(18,19)9-5-6-11(14)10(13)7-9/h5-8,15H,4H2,1-3H3. The van der Waals surface area contributed by atoms with Crippen molar-refractivity contribution in [2.24, 2.45) is 0 Å². The number of halogens is 2. The van der Waals surface area contributed by atoms with Crippen LogP contribution in [0, 0.1) is 0 Å². The molecular weight excluding hydrogens is 368 g/mol. The monoisotopic (exact) mass is 382 g/mol. The second kappa shape index (κ2) is 6.89. The predicted molar refractivity (Wildman–Crippen MR) is 82.2 cm³/mol. The maximum atomic E-state index is 12.2. The number of hydrogen-bond donors (Lipinski definition) is 1. The van der Waals surface area contributed by atoms with E-state index in [9.17, 15) is 13.2 Å². The van der Waals surface area contributed by atoms with Gasteiger partial charge in [-0.05, 0) is 48.0 Å². The Balaban J connectivity index is 2.95. The molecule has 0 aromatic heterocycles. The lowest BCUT2D eigenvalue weighted by Gasteiger charge is -2.20. The molecule has 0 saturated heterocycles. The number of amides is 1. The fraction of sp³-hybridized carbons (Fsp3) is 0.417. The summed E-state index contributed by atoms with van der Waals surface area (Å²) in [6.07, 6.45) is 0. The Labute approximate surface area is 132 Å². The summed E-state index contributed by atoms with van der Waals surface area (Å²) in [6, 6.07) is 3.42. The maximum Gasteiger partial charge on any atom is 0.241 e. The molecule has 0 saturated carbocycles. The molecule has 1 amide bonds. The summed E-state index contributed by atoms with van der Waals surface area (Å²) in [5, 5.41) is 0.416. The van der Waals surface area contributed by atoms with E-state index in [1.54, 1.807) is 7.05 Å². The van der Waals surface area contributed by atoms with Gasteiger partial charge in [0.15, 0.2) is 0 Å². The van der Waals surface area contributed by atoms with Crippen LogP contribution in [0.5, 0.6) is 0 Å². The second-order valence-corrected chi connectivity index (χ2v) is 7.25. The van der Waals surface area contributed by atoms with E-state index >= 15 is 0 Å². The predicted octanol–water partition coefficient (Wildman–Crippen LogP) is 2.25. The number of carbonyl (C=O) groups is 1. The highest BCUT2D eigenvalue weighted by Crippen LogP contribution is 2.25. The molecule has 1 aromatic carbocycles. The Bertz CT molecular complexity index is 607. The fourth-order valence-corrected chi connectivity index (χ4v) is 3.35. The third kappa shape index (κ3) is 4.18. The van der Waals surface area contributed by atoms with Crippen LogP contribution in [0.4, 0.5) is 0 Å². The van der Waals surface area contributed by atoms with Gasteiger partial charge in [0.05, 0.1) is 16.0 Å². The largest absolute Gasteiger partial charge is 0.345 e. The van der Waals surface area contributed by atoms with Gasteiger partial charge in [-0.1, -0.05) is 11.6 Å². The van der Waals surface area contributed by atoms with Crippen LogP contribution in [0.3, 0.4) is 0 Å². The number of sulfonamides is 1. The lowest BCUT2D eigenvalue weighted by molar-refractivity contribution is -0.131. The van der Waals surface area contributed by atoms with Crippen LogP contribution in [0.25, 0.3) is 0 Å². The maximum absolute atomic E-state index is 12.2. The quantitative estimate of drug-likeness (QED) is 0.848. The van der Waals surface area contributed by atoms with E-state index in [0.717, 1.165) is 0 Å². The molecule has 0 aliphatic rings. The normalized spacial score (nSPS) is 13.1. The number of nitrogens with zero attached hydrogens (tertiary/aromatic N) is 1. The number of likely N-dealkylation sites (N-methyl/N-ethyl adjacent to an activating group) is 1. The first kappa shape index (κ1) is 17.4. The van der Waals surface area contributed by atoms with Crippen molar-refractivity contribution in [1.82, 2.24) is 9.62 Å². The molecule has 1 aromatic rings. The molecule has 1 atom stereocenters. The van der Waals surface area contributed by atoms with Gasteiger partial charge >= 0.3 is 0 Å². The Kier molecular flexibility index (Phi) is 6.00. The van der Waals surface area contributed by atoms with Crippen molar-refractivity contribution in [2.45, 2.75) is 24.8 Å². The first-order valence-corrected chi connectivity index (χ1v) is 8.56. The SMILES string of the molecule is CCN(C)C(=O)C(C)NS(=O)(=O)c1ccc(Cl)c(Br)c1. The van der Waals surface area contributed by atoms with E-state index in [2.05, 4.69) is 20.7 Å². The molecule has 8 heteroatoms. The van der Waals surface area contributed by atoms with E-state index in [1.807, 2.05) is 6.92 Å². The minimum atomic E-state index is -3.77. The first-order valence-electron chi connectivity index (χ1n) is 5.91. The Hall–Kier alpha value is -0.630. The molecule has 20 heavy (non-hydrogen) atoms. The molecular formula is C12H16BrClN2O3S. The van der Waals surface area contributed by atoms with Gasteiger partial charge in [-0.25, -0.2) is 8.42 Å². The van der Waals surface area contributed by atoms with Gasteiger partial charge in [-0.3, -0.25) is 4.79 Å². The van der Waals surface area contributed by atoms with Crippen molar-refractivity contribution in [2.75, 3.05) is 13.6 Å². The van der Waals surface area contributed by atoms with E-state index in [1.165, 1.54) is 30.0 Å². The van der Waals surface area contributed by atoms with E-state index in [-0.39, 0.29) is 10.8 Å². The molecule has 112 valence electrons. The molecule has 1 unspecified atom stereocenters. The summed E-state index contributed by atoms with van der Waals surface area (Å²) in [7, 11) is -2.15. The van der Waals surface area contributed by atoms with Gasteiger partial charge < -0.3 is 4.90 Å². The summed E-state index contributed by atoms with van der Waals surface area (Å²) in [5.41, 5.74) is 0. The zero-order chi connectivity index (χ0) is 15.5. The average molecular weight is 384 g/mol. The minimum Gasteiger partial charge on any atom is -0.345 e. The van der Waals surface area contributed by atoms with E-state index in [4.69, 9.17) is 11.6 Å². The summed E-state index contributed by atoms with van der Waals surface area (Å²) in [5.74, 6) is -0.288. The zero-order valence-corrected chi connectivity index (χ0v) is 14.5. The van der Waals surface area contributed by atoms with Crippen molar-refractivity contribution >= 4 is 43.5 Å². The molecule has 0 spiro atoms. The van der Waals surface area contributed by atoms with Crippen molar-refractivity contribution in [3.05, 3.63) is 27.7 Å². The fourth-order valence-electron chi connectivity index (χ4n) is 1.48. The Morgan fingerprint density at radius 3 is 2.60 bits per heavy atom. The molecule has 0 heterocycles. The van der Waals surface area contributed by atoms with Crippen molar-refractivity contribution in [1.29, 1.82) is 0 Å². The number of carbonyl (C=O) groups excluding carboxylic acids is 1. The van der Waals surface area contributed by atoms with Gasteiger partial charge in [-0.2, -0.15) is 4.72 Å². The molecule has 0 fully saturated rings. The first-order chi connectivity index (χ1) is 9.19. The summed E-state index contributed by atoms with van der Waals surface area (Å²) in [6.45, 7) is 3.84. The molecule has 5 nitrogen and oxygen atoms in total. The number of benzene rings is 1. The van der Waals surface area contributed by atoms with Gasteiger partial charge in [0.1, 0.15) is 0 Å². The average Bonchev–Trinajstić information content (AvgIpc) is 2.39. The Morgan fingerprint density at radius 2 is 2.10 bits per heavy atom. The van der Waals surface area contributed by atoms with Crippen molar-refractivity contribution < 1.29 is 13.2 Å². The summed E-state index contributed by atoms with van der Waals surface area (Å²) < 4.78 is 27.2. The van der Waals surface area contributed by atoms with Gasteiger partial charge in [0, 0.05) is 18.1 Å². The molecule has 1 rings (SSSR count). The topological polar surface area (TPSA) is 66.5 Å². The third-order valence-electron chi connectivity index (χ3n) is 2.75. The summed E-state index contributed by atoms with van der Waals surface area (Å²) >= 11 is 8.99. The lowest BCUT2D eigenvalue weighted by Crippen LogP contribution is -2.45. The van der Waals surface area contributed by atoms with Gasteiger partial charge in [-0.15, -0.1) is 0 Å². The van der Waals surface area contributed by atoms with Crippen LogP contribution >= 0.6 is 27.5 Å². The van der Waals surface area contributed by atoms with Crippen LogP contribution in [-0.2, 0) is 14.8 Å². The Morgan fingerprint density at radius 1 is 1.50 bits per heavy atom. The highest BCUT2D eigenvalue weighted by molar-refractivity contribution is 9.10. The van der Waals surface area contributed by atoms with Crippen molar-refractivity contribution in [3.8, 4) is 0 Å². The molecule has 1 N–H and O–H groups in total. The highest BCUT2D eigenvalue weighted by atomic mass is 79.9. The highest BCUT2D eigenvalue weighted by Gasteiger charge is 2.24. The van der Waals surface area contributed by atoms with E-state index in [0.29, 0.717) is 16.0 Å². The molecule has 0 radical (unpaired) electrons. The van der Waals surface area contributed by atoms with Crippen LogP contribution in [0.1, 0.15) is 13.8 Å². The lowest BCUT2D eigenvalue weighted by atomic mass is 10.3. The minimum absolute atomic E-state index is 0.0487. The number of rotatable bonds is 5. The van der Waals surface area contributed by atoms with Crippen molar-refractivity contribution in [3.63, 3.8) is 0 Å². The third-order valence-corrected chi connectivity index (χ3v) is 5.51. The van der Waals surface area contributed by atoms with Gasteiger partial charge in [0.2, 0.25) is 15.9 Å². The van der Waals surface area contributed by atoms with Crippen LogP contribution < -0.4 is 4.72 Å². The number of nitrogens with one attached hydrogen (secondary N) is 1. The smallest absolute Gasteiger partial charge is 0.241 e. The van der Waals surface area contributed by atoms with Crippen LogP contribution in [-0.4, -0.2) is 38.9 Å². The summed E-state index contributed by atoms with van der Waals surface area (Å²) in [4.78, 5) is 13.4. The van der Waals surface area contributed by atoms with Crippen LogP contribution in [0.15, 0.2) is 27.6 Å². The second-order valence-electron chi connectivity index (χ2n) is 4.27. The number of hydrogen-bond acceptors (Lipinski definition) is 3. The molecule has 0 bridgehead atoms. The van der Waals surface area contributed by atoms with Crippen LogP contribution in [0.2, 0.25) is 5.02 Å². The molecule has 0 aliphatic carbocycles.